The molecule has 19 heavy (non-hydrogen) atoms. The van der Waals surface area contributed by atoms with Crippen molar-refractivity contribution >= 4 is 11.9 Å². The Bertz CT molecular complexity index is 403. The average molecular weight is 267 g/mol. The summed E-state index contributed by atoms with van der Waals surface area (Å²) in [5.74, 6) is -1.23. The van der Waals surface area contributed by atoms with Gasteiger partial charge >= 0.3 is 5.97 Å². The van der Waals surface area contributed by atoms with Gasteiger partial charge in [-0.3, -0.25) is 4.79 Å². The number of amides is 1. The number of aromatic nitrogens is 2. The molecule has 1 aromatic heterocycles. The van der Waals surface area contributed by atoms with Gasteiger partial charge in [-0.25, -0.2) is 9.78 Å². The molecule has 0 radical (unpaired) electrons. The van der Waals surface area contributed by atoms with Gasteiger partial charge in [-0.1, -0.05) is 20.3 Å². The lowest BCUT2D eigenvalue weighted by Gasteiger charge is -2.19. The minimum absolute atomic E-state index is 0.0267. The molecular formula is C13H21N3O3. The standard InChI is InChI=1S/C13H21N3O3/c1-3-5-10(16-7-6-14-9-16)8-12(17)15-11(4-2)13(18)19/h6-7,9-11H,3-5,8H2,1-2H3,(H,15,17)(H,18,19)/t10?,11-/m0/s1. The van der Waals surface area contributed by atoms with E-state index in [1.54, 1.807) is 19.4 Å². The topological polar surface area (TPSA) is 84.2 Å². The number of carboxylic acids is 1. The summed E-state index contributed by atoms with van der Waals surface area (Å²) in [7, 11) is 0. The highest BCUT2D eigenvalue weighted by molar-refractivity contribution is 5.83. The van der Waals surface area contributed by atoms with Gasteiger partial charge < -0.3 is 15.0 Å². The molecule has 1 amide bonds. The van der Waals surface area contributed by atoms with Crippen LogP contribution < -0.4 is 5.32 Å². The number of rotatable bonds is 8. The van der Waals surface area contributed by atoms with E-state index in [4.69, 9.17) is 5.11 Å². The van der Waals surface area contributed by atoms with E-state index in [1.165, 1.54) is 0 Å². The van der Waals surface area contributed by atoms with Crippen molar-refractivity contribution in [3.8, 4) is 0 Å². The molecule has 0 saturated carbocycles. The molecule has 0 aliphatic rings. The Labute approximate surface area is 112 Å². The van der Waals surface area contributed by atoms with Gasteiger partial charge in [-0.15, -0.1) is 0 Å². The summed E-state index contributed by atoms with van der Waals surface area (Å²) in [6, 6.07) is -0.781. The zero-order valence-corrected chi connectivity index (χ0v) is 11.4. The van der Waals surface area contributed by atoms with Crippen molar-refractivity contribution in [1.82, 2.24) is 14.9 Å². The third kappa shape index (κ3) is 4.73. The van der Waals surface area contributed by atoms with Crippen LogP contribution in [0, 0.1) is 0 Å². The highest BCUT2D eigenvalue weighted by Crippen LogP contribution is 2.17. The second-order valence-electron chi connectivity index (χ2n) is 4.52. The molecule has 2 N–H and O–H groups in total. The molecule has 1 aromatic rings. The van der Waals surface area contributed by atoms with Crippen molar-refractivity contribution in [2.24, 2.45) is 0 Å². The van der Waals surface area contributed by atoms with Crippen LogP contribution in [0.1, 0.15) is 45.6 Å². The van der Waals surface area contributed by atoms with Gasteiger partial charge in [0.2, 0.25) is 5.91 Å². The highest BCUT2D eigenvalue weighted by Gasteiger charge is 2.20. The Hall–Kier alpha value is -1.85. The largest absolute Gasteiger partial charge is 0.480 e. The smallest absolute Gasteiger partial charge is 0.326 e. The maximum absolute atomic E-state index is 11.9. The Morgan fingerprint density at radius 3 is 2.63 bits per heavy atom. The maximum atomic E-state index is 11.9. The zero-order valence-electron chi connectivity index (χ0n) is 11.4. The van der Waals surface area contributed by atoms with Crippen LogP contribution in [0.5, 0.6) is 0 Å². The minimum Gasteiger partial charge on any atom is -0.480 e. The van der Waals surface area contributed by atoms with Crippen molar-refractivity contribution in [3.63, 3.8) is 0 Å². The Kier molecular flexibility index (Phi) is 6.05. The number of aliphatic carboxylic acids is 1. The molecule has 0 fully saturated rings. The highest BCUT2D eigenvalue weighted by atomic mass is 16.4. The van der Waals surface area contributed by atoms with Gasteiger partial charge in [-0.2, -0.15) is 0 Å². The number of hydrogen-bond donors (Lipinski definition) is 2. The van der Waals surface area contributed by atoms with Crippen molar-refractivity contribution in [3.05, 3.63) is 18.7 Å². The molecule has 1 unspecified atom stereocenters. The van der Waals surface area contributed by atoms with Crippen LogP contribution in [0.2, 0.25) is 0 Å². The van der Waals surface area contributed by atoms with Gasteiger partial charge in [0, 0.05) is 24.9 Å². The van der Waals surface area contributed by atoms with Crippen LogP contribution >= 0.6 is 0 Å². The molecular weight excluding hydrogens is 246 g/mol. The first-order chi connectivity index (χ1) is 9.08. The van der Waals surface area contributed by atoms with Gasteiger partial charge in [0.25, 0.3) is 0 Å². The summed E-state index contributed by atoms with van der Waals surface area (Å²) in [4.78, 5) is 26.7. The minimum atomic E-state index is -0.995. The van der Waals surface area contributed by atoms with Crippen LogP contribution in [-0.4, -0.2) is 32.6 Å². The number of nitrogens with one attached hydrogen (secondary N) is 1. The second-order valence-corrected chi connectivity index (χ2v) is 4.52. The predicted molar refractivity (Wildman–Crippen MR) is 70.6 cm³/mol. The summed E-state index contributed by atoms with van der Waals surface area (Å²) >= 11 is 0. The molecule has 106 valence electrons. The first-order valence-electron chi connectivity index (χ1n) is 6.58. The van der Waals surface area contributed by atoms with E-state index < -0.39 is 12.0 Å². The molecule has 0 bridgehead atoms. The summed E-state index contributed by atoms with van der Waals surface area (Å²) in [6.07, 6.45) is 7.63. The lowest BCUT2D eigenvalue weighted by atomic mass is 10.1. The molecule has 0 aliphatic carbocycles. The second kappa shape index (κ2) is 7.56. The molecule has 0 spiro atoms. The number of carboxylic acid groups (broad SMARTS) is 1. The predicted octanol–water partition coefficient (Wildman–Crippen LogP) is 1.59. The fourth-order valence-electron chi connectivity index (χ4n) is 1.98. The summed E-state index contributed by atoms with van der Waals surface area (Å²) in [5, 5.41) is 11.5. The van der Waals surface area contributed by atoms with Crippen LogP contribution in [-0.2, 0) is 9.59 Å². The van der Waals surface area contributed by atoms with E-state index in [9.17, 15) is 9.59 Å². The van der Waals surface area contributed by atoms with E-state index >= 15 is 0 Å². The van der Waals surface area contributed by atoms with Crippen LogP contribution in [0.4, 0.5) is 0 Å². The van der Waals surface area contributed by atoms with Crippen LogP contribution in [0.25, 0.3) is 0 Å². The molecule has 6 nitrogen and oxygen atoms in total. The maximum Gasteiger partial charge on any atom is 0.326 e. The third-order valence-electron chi connectivity index (χ3n) is 3.03. The molecule has 0 aliphatic heterocycles. The Morgan fingerprint density at radius 1 is 1.42 bits per heavy atom. The lowest BCUT2D eigenvalue weighted by Crippen LogP contribution is -2.41. The van der Waals surface area contributed by atoms with E-state index in [-0.39, 0.29) is 18.4 Å². The Balaban J connectivity index is 2.59. The fourth-order valence-corrected chi connectivity index (χ4v) is 1.98. The molecule has 6 heteroatoms. The molecule has 1 heterocycles. The van der Waals surface area contributed by atoms with Crippen molar-refractivity contribution in [2.45, 2.75) is 51.6 Å². The molecule has 0 aromatic carbocycles. The number of imidazole rings is 1. The number of nitrogens with zero attached hydrogens (tertiary/aromatic N) is 2. The van der Waals surface area contributed by atoms with Crippen LogP contribution in [0.3, 0.4) is 0 Å². The summed E-state index contributed by atoms with van der Waals surface area (Å²) in [6.45, 7) is 3.78. The Morgan fingerprint density at radius 2 is 2.16 bits per heavy atom. The monoisotopic (exact) mass is 267 g/mol. The molecule has 2 atom stereocenters. The number of carbonyl (C=O) groups excluding carboxylic acids is 1. The SMILES string of the molecule is CCCC(CC(=O)N[C@@H](CC)C(=O)O)n1ccnc1. The molecule has 0 saturated heterocycles. The average Bonchev–Trinajstić information content (AvgIpc) is 2.88. The van der Waals surface area contributed by atoms with E-state index in [0.29, 0.717) is 6.42 Å². The van der Waals surface area contributed by atoms with Crippen molar-refractivity contribution < 1.29 is 14.7 Å². The first-order valence-corrected chi connectivity index (χ1v) is 6.58. The quantitative estimate of drug-likeness (QED) is 0.749. The first kappa shape index (κ1) is 15.2. The van der Waals surface area contributed by atoms with Crippen molar-refractivity contribution in [1.29, 1.82) is 0 Å². The van der Waals surface area contributed by atoms with Crippen LogP contribution in [0.15, 0.2) is 18.7 Å². The van der Waals surface area contributed by atoms with E-state index in [2.05, 4.69) is 10.3 Å². The third-order valence-corrected chi connectivity index (χ3v) is 3.03. The summed E-state index contributed by atoms with van der Waals surface area (Å²) < 4.78 is 1.89. The number of hydrogen-bond acceptors (Lipinski definition) is 3. The van der Waals surface area contributed by atoms with Gasteiger partial charge in [0.15, 0.2) is 0 Å². The van der Waals surface area contributed by atoms with Gasteiger partial charge in [-0.05, 0) is 12.8 Å². The normalized spacial score (nSPS) is 13.8. The zero-order chi connectivity index (χ0) is 14.3. The fraction of sp³-hybridized carbons (Fsp3) is 0.615. The van der Waals surface area contributed by atoms with Gasteiger partial charge in [0.05, 0.1) is 6.33 Å². The summed E-state index contributed by atoms with van der Waals surface area (Å²) in [5.41, 5.74) is 0. The van der Waals surface area contributed by atoms with E-state index in [1.807, 2.05) is 17.7 Å². The van der Waals surface area contributed by atoms with E-state index in [0.717, 1.165) is 12.8 Å². The van der Waals surface area contributed by atoms with Gasteiger partial charge in [0.1, 0.15) is 6.04 Å². The van der Waals surface area contributed by atoms with Crippen molar-refractivity contribution in [2.75, 3.05) is 0 Å². The number of carbonyl (C=O) groups is 2. The lowest BCUT2D eigenvalue weighted by molar-refractivity contribution is -0.142. The molecule has 1 rings (SSSR count).